The molecule has 0 saturated carbocycles. The number of aromatic nitrogens is 2. The van der Waals surface area contributed by atoms with Crippen LogP contribution in [-0.2, 0) is 16.1 Å². The Kier molecular flexibility index (Phi) is 7.09. The van der Waals surface area contributed by atoms with Crippen molar-refractivity contribution in [3.05, 3.63) is 53.9 Å². The van der Waals surface area contributed by atoms with Crippen molar-refractivity contribution in [2.45, 2.75) is 26.4 Å². The number of nitrogens with one attached hydrogen (secondary N) is 1. The Labute approximate surface area is 215 Å². The average molecular weight is 506 g/mol. The first-order chi connectivity index (χ1) is 17.9. The van der Waals surface area contributed by atoms with Crippen LogP contribution >= 0.6 is 0 Å². The number of anilines is 1. The van der Waals surface area contributed by atoms with Gasteiger partial charge in [-0.15, -0.1) is 0 Å². The number of methoxy groups -OCH3 is 1. The second kappa shape index (κ2) is 10.6. The maximum atomic E-state index is 13.0. The van der Waals surface area contributed by atoms with Crippen molar-refractivity contribution in [2.24, 2.45) is 5.92 Å². The fraction of sp³-hybridized carbons (Fsp3) is 0.407. The van der Waals surface area contributed by atoms with Gasteiger partial charge in [0.15, 0.2) is 11.5 Å². The molecule has 194 valence electrons. The van der Waals surface area contributed by atoms with Crippen LogP contribution in [-0.4, -0.2) is 77.8 Å². The molecule has 5 rings (SSSR count). The number of carbonyl (C=O) groups excluding carboxylic acids is 2. The molecule has 0 unspecified atom stereocenters. The van der Waals surface area contributed by atoms with Gasteiger partial charge in [-0.1, -0.05) is 26.0 Å². The highest BCUT2D eigenvalue weighted by atomic mass is 16.7. The summed E-state index contributed by atoms with van der Waals surface area (Å²) in [6, 6.07) is 12.5. The molecule has 0 aliphatic carbocycles. The minimum Gasteiger partial charge on any atom is -0.467 e. The molecule has 1 atom stereocenters. The summed E-state index contributed by atoms with van der Waals surface area (Å²) >= 11 is 0. The number of hydrogen-bond acceptors (Lipinski definition) is 9. The van der Waals surface area contributed by atoms with Crippen LogP contribution in [0.1, 0.15) is 30.0 Å². The fourth-order valence-electron chi connectivity index (χ4n) is 4.60. The molecular weight excluding hydrogens is 474 g/mol. The monoisotopic (exact) mass is 505 g/mol. The van der Waals surface area contributed by atoms with E-state index in [2.05, 4.69) is 10.2 Å². The minimum atomic E-state index is -0.526. The molecule has 1 aromatic heterocycles. The van der Waals surface area contributed by atoms with Gasteiger partial charge in [-0.05, 0) is 36.2 Å². The molecule has 2 aromatic carbocycles. The summed E-state index contributed by atoms with van der Waals surface area (Å²) in [6.45, 7) is 7.24. The van der Waals surface area contributed by atoms with E-state index in [1.807, 2.05) is 43.0 Å². The SMILES string of the molecule is COC(=O)[C@@H](Nc1nc(CN2CCN(C(=O)c3ccc4c(c3)OCO4)CC2)nc2ccccc12)C(C)C. The van der Waals surface area contributed by atoms with Crippen molar-refractivity contribution >= 4 is 28.6 Å². The number of piperazine rings is 1. The third kappa shape index (κ3) is 5.29. The number of esters is 1. The number of hydrogen-bond donors (Lipinski definition) is 1. The number of ether oxygens (including phenoxy) is 3. The lowest BCUT2D eigenvalue weighted by Crippen LogP contribution is -2.48. The van der Waals surface area contributed by atoms with Gasteiger partial charge in [-0.25, -0.2) is 14.8 Å². The van der Waals surface area contributed by atoms with Gasteiger partial charge in [0.05, 0.1) is 19.2 Å². The van der Waals surface area contributed by atoms with Crippen LogP contribution in [0.3, 0.4) is 0 Å². The summed E-state index contributed by atoms with van der Waals surface area (Å²) in [7, 11) is 1.39. The molecule has 0 bridgehead atoms. The van der Waals surface area contributed by atoms with E-state index in [4.69, 9.17) is 24.2 Å². The van der Waals surface area contributed by atoms with Gasteiger partial charge in [0.2, 0.25) is 6.79 Å². The van der Waals surface area contributed by atoms with E-state index in [0.29, 0.717) is 61.4 Å². The Balaban J connectivity index is 1.27. The first-order valence-electron chi connectivity index (χ1n) is 12.4. The highest BCUT2D eigenvalue weighted by Crippen LogP contribution is 2.33. The van der Waals surface area contributed by atoms with Gasteiger partial charge in [0.1, 0.15) is 17.7 Å². The number of benzene rings is 2. The highest BCUT2D eigenvalue weighted by Gasteiger charge is 2.26. The van der Waals surface area contributed by atoms with E-state index in [1.54, 1.807) is 18.2 Å². The van der Waals surface area contributed by atoms with E-state index < -0.39 is 6.04 Å². The van der Waals surface area contributed by atoms with E-state index in [1.165, 1.54) is 7.11 Å². The first kappa shape index (κ1) is 24.8. The predicted octanol–water partition coefficient (Wildman–Crippen LogP) is 2.93. The lowest BCUT2D eigenvalue weighted by molar-refractivity contribution is -0.142. The van der Waals surface area contributed by atoms with Crippen molar-refractivity contribution in [1.29, 1.82) is 0 Å². The zero-order valence-electron chi connectivity index (χ0n) is 21.3. The summed E-state index contributed by atoms with van der Waals surface area (Å²) in [4.78, 5) is 39.0. The Bertz CT molecular complexity index is 1310. The van der Waals surface area contributed by atoms with Crippen LogP contribution in [0.25, 0.3) is 10.9 Å². The number of nitrogens with zero attached hydrogens (tertiary/aromatic N) is 4. The van der Waals surface area contributed by atoms with Crippen LogP contribution in [0.2, 0.25) is 0 Å². The second-order valence-electron chi connectivity index (χ2n) is 9.53. The Hall–Kier alpha value is -3.92. The fourth-order valence-corrected chi connectivity index (χ4v) is 4.60. The van der Waals surface area contributed by atoms with Gasteiger partial charge in [0, 0.05) is 37.1 Å². The van der Waals surface area contributed by atoms with E-state index in [0.717, 1.165) is 10.9 Å². The maximum Gasteiger partial charge on any atom is 0.328 e. The maximum absolute atomic E-state index is 13.0. The Morgan fingerprint density at radius 2 is 1.78 bits per heavy atom. The second-order valence-corrected chi connectivity index (χ2v) is 9.53. The summed E-state index contributed by atoms with van der Waals surface area (Å²) in [5, 5.41) is 4.14. The van der Waals surface area contributed by atoms with Gasteiger partial charge in [-0.3, -0.25) is 9.69 Å². The van der Waals surface area contributed by atoms with Crippen molar-refractivity contribution in [2.75, 3.05) is 45.4 Å². The Morgan fingerprint density at radius 1 is 1.03 bits per heavy atom. The lowest BCUT2D eigenvalue weighted by atomic mass is 10.0. The largest absolute Gasteiger partial charge is 0.467 e. The minimum absolute atomic E-state index is 0.0139. The smallest absolute Gasteiger partial charge is 0.328 e. The van der Waals surface area contributed by atoms with Gasteiger partial charge < -0.3 is 24.4 Å². The van der Waals surface area contributed by atoms with E-state index in [-0.39, 0.29) is 24.6 Å². The van der Waals surface area contributed by atoms with Crippen molar-refractivity contribution in [3.8, 4) is 11.5 Å². The molecule has 2 aliphatic rings. The topological polar surface area (TPSA) is 106 Å². The standard InChI is InChI=1S/C27H31N5O5/c1-17(2)24(27(34)35-3)30-25-19-6-4-5-7-20(19)28-23(29-25)15-31-10-12-32(13-11-31)26(33)18-8-9-21-22(14-18)37-16-36-21/h4-9,14,17,24H,10-13,15-16H2,1-3H3,(H,28,29,30)/t24-/m0/s1. The molecule has 1 N–H and O–H groups in total. The van der Waals surface area contributed by atoms with Crippen molar-refractivity contribution in [3.63, 3.8) is 0 Å². The van der Waals surface area contributed by atoms with Crippen molar-refractivity contribution in [1.82, 2.24) is 19.8 Å². The Morgan fingerprint density at radius 3 is 2.54 bits per heavy atom. The summed E-state index contributed by atoms with van der Waals surface area (Å²) in [5.41, 5.74) is 1.40. The quantitative estimate of drug-likeness (QED) is 0.485. The van der Waals surface area contributed by atoms with Crippen LogP contribution < -0.4 is 14.8 Å². The molecule has 0 spiro atoms. The first-order valence-corrected chi connectivity index (χ1v) is 12.4. The predicted molar refractivity (Wildman–Crippen MR) is 138 cm³/mol. The molecule has 2 aliphatic heterocycles. The molecule has 37 heavy (non-hydrogen) atoms. The average Bonchev–Trinajstić information content (AvgIpc) is 3.39. The van der Waals surface area contributed by atoms with Crippen LogP contribution in [0.4, 0.5) is 5.82 Å². The van der Waals surface area contributed by atoms with Crippen LogP contribution in [0, 0.1) is 5.92 Å². The number of carbonyl (C=O) groups is 2. The van der Waals surface area contributed by atoms with Crippen LogP contribution in [0.15, 0.2) is 42.5 Å². The number of amides is 1. The molecule has 3 aromatic rings. The molecule has 10 nitrogen and oxygen atoms in total. The summed E-state index contributed by atoms with van der Waals surface area (Å²) in [5.74, 6) is 2.20. The molecule has 0 radical (unpaired) electrons. The molecule has 1 amide bonds. The number of fused-ring (bicyclic) bond motifs is 2. The zero-order chi connectivity index (χ0) is 25.9. The molecular formula is C27H31N5O5. The van der Waals surface area contributed by atoms with Crippen molar-refractivity contribution < 1.29 is 23.8 Å². The van der Waals surface area contributed by atoms with Crippen LogP contribution in [0.5, 0.6) is 11.5 Å². The number of rotatable bonds is 7. The molecule has 1 fully saturated rings. The van der Waals surface area contributed by atoms with Gasteiger partial charge in [-0.2, -0.15) is 0 Å². The van der Waals surface area contributed by atoms with Gasteiger partial charge in [0.25, 0.3) is 5.91 Å². The number of para-hydroxylation sites is 1. The summed E-state index contributed by atoms with van der Waals surface area (Å²) in [6.07, 6.45) is 0. The highest BCUT2D eigenvalue weighted by molar-refractivity contribution is 5.95. The third-order valence-corrected chi connectivity index (χ3v) is 6.71. The third-order valence-electron chi connectivity index (χ3n) is 6.71. The molecule has 10 heteroatoms. The molecule has 1 saturated heterocycles. The normalized spacial score (nSPS) is 16.2. The van der Waals surface area contributed by atoms with E-state index in [9.17, 15) is 9.59 Å². The molecule has 3 heterocycles. The zero-order valence-corrected chi connectivity index (χ0v) is 21.3. The van der Waals surface area contributed by atoms with Gasteiger partial charge >= 0.3 is 5.97 Å². The summed E-state index contributed by atoms with van der Waals surface area (Å²) < 4.78 is 15.7. The lowest BCUT2D eigenvalue weighted by Gasteiger charge is -2.34. The van der Waals surface area contributed by atoms with E-state index >= 15 is 0 Å².